The van der Waals surface area contributed by atoms with Gasteiger partial charge in [0.1, 0.15) is 5.76 Å². The van der Waals surface area contributed by atoms with Crippen LogP contribution in [0, 0.1) is 0 Å². The fourth-order valence-electron chi connectivity index (χ4n) is 4.43. The number of carbonyl (C=O) groups excluding carboxylic acids is 1. The Hall–Kier alpha value is -1.36. The molecule has 0 aliphatic carbocycles. The molecular formula is C30H56O5. The number of esters is 1. The Bertz CT molecular complexity index is 529. The van der Waals surface area contributed by atoms with Crippen LogP contribution in [-0.2, 0) is 14.3 Å². The number of aliphatic carboxylic acids is 1. The van der Waals surface area contributed by atoms with Gasteiger partial charge in [-0.3, -0.25) is 4.79 Å². The molecule has 5 heteroatoms. The Balaban J connectivity index is 3.88. The molecule has 0 aromatic rings. The van der Waals surface area contributed by atoms with Crippen LogP contribution in [-0.4, -0.2) is 28.3 Å². The van der Waals surface area contributed by atoms with E-state index in [1.54, 1.807) is 0 Å². The molecule has 0 spiro atoms. The van der Waals surface area contributed by atoms with E-state index >= 15 is 0 Å². The fourth-order valence-corrected chi connectivity index (χ4v) is 4.43. The Morgan fingerprint density at radius 2 is 1.06 bits per heavy atom. The van der Waals surface area contributed by atoms with Crippen LogP contribution in [0.2, 0.25) is 0 Å². The smallest absolute Gasteiger partial charge is 0.331 e. The molecule has 0 aliphatic heterocycles. The van der Waals surface area contributed by atoms with E-state index < -0.39 is 18.0 Å². The first-order valence-electron chi connectivity index (χ1n) is 14.8. The average Bonchev–Trinajstić information content (AvgIpc) is 2.81. The van der Waals surface area contributed by atoms with E-state index in [0.717, 1.165) is 38.2 Å². The molecule has 35 heavy (non-hydrogen) atoms. The van der Waals surface area contributed by atoms with Gasteiger partial charge in [-0.2, -0.15) is 0 Å². The second-order valence-electron chi connectivity index (χ2n) is 10.2. The second-order valence-corrected chi connectivity index (χ2v) is 10.2. The van der Waals surface area contributed by atoms with Crippen molar-refractivity contribution in [3.05, 3.63) is 11.8 Å². The van der Waals surface area contributed by atoms with E-state index in [2.05, 4.69) is 13.8 Å². The van der Waals surface area contributed by atoms with Crippen LogP contribution in [0.15, 0.2) is 11.8 Å². The minimum Gasteiger partial charge on any atom is -0.478 e. The number of unbranched alkanes of at least 4 members (excludes halogenated alkanes) is 18. The number of hydrogen-bond donors (Lipinski definition) is 2. The van der Waals surface area contributed by atoms with Gasteiger partial charge in [-0.05, 0) is 12.8 Å². The van der Waals surface area contributed by atoms with E-state index in [4.69, 9.17) is 9.84 Å². The van der Waals surface area contributed by atoms with E-state index in [1.165, 1.54) is 96.3 Å². The third-order valence-electron chi connectivity index (χ3n) is 6.60. The van der Waals surface area contributed by atoms with Crippen molar-refractivity contribution >= 4 is 11.9 Å². The molecule has 1 unspecified atom stereocenters. The van der Waals surface area contributed by atoms with E-state index in [1.807, 2.05) is 0 Å². The molecule has 0 rings (SSSR count). The maximum atomic E-state index is 12.2. The molecule has 0 saturated heterocycles. The Morgan fingerprint density at radius 1 is 0.657 bits per heavy atom. The summed E-state index contributed by atoms with van der Waals surface area (Å²) in [4.78, 5) is 23.3. The van der Waals surface area contributed by atoms with Gasteiger partial charge in [-0.25, -0.2) is 4.79 Å². The summed E-state index contributed by atoms with van der Waals surface area (Å²) in [5.41, 5.74) is 0. The van der Waals surface area contributed by atoms with Crippen molar-refractivity contribution in [3.8, 4) is 0 Å². The molecule has 0 saturated carbocycles. The van der Waals surface area contributed by atoms with Gasteiger partial charge in [-0.1, -0.05) is 136 Å². The highest BCUT2D eigenvalue weighted by molar-refractivity contribution is 5.81. The first kappa shape index (κ1) is 33.6. The highest BCUT2D eigenvalue weighted by Gasteiger charge is 2.14. The van der Waals surface area contributed by atoms with Crippen LogP contribution in [0.5, 0.6) is 0 Å². The van der Waals surface area contributed by atoms with Gasteiger partial charge in [-0.15, -0.1) is 0 Å². The molecule has 0 aliphatic rings. The maximum Gasteiger partial charge on any atom is 0.331 e. The van der Waals surface area contributed by atoms with Crippen LogP contribution in [0.1, 0.15) is 162 Å². The Labute approximate surface area is 216 Å². The van der Waals surface area contributed by atoms with Gasteiger partial charge in [0.2, 0.25) is 0 Å². The number of rotatable bonds is 26. The molecule has 2 N–H and O–H groups in total. The first-order valence-corrected chi connectivity index (χ1v) is 14.8. The van der Waals surface area contributed by atoms with Crippen LogP contribution in [0.3, 0.4) is 0 Å². The largest absolute Gasteiger partial charge is 0.478 e. The summed E-state index contributed by atoms with van der Waals surface area (Å²) < 4.78 is 5.29. The van der Waals surface area contributed by atoms with Gasteiger partial charge in [0.05, 0.1) is 18.6 Å². The standard InChI is InChI=1S/C30H56O5/c1-3-5-7-9-11-13-14-16-17-19-21-23-27(31)25-30(34)35-28(26-29(32)33)24-22-20-18-15-12-10-8-6-4-2/h26-27,31H,3-25H2,1-2H3,(H,32,33). The van der Waals surface area contributed by atoms with E-state index in [9.17, 15) is 14.7 Å². The molecule has 1 atom stereocenters. The lowest BCUT2D eigenvalue weighted by Gasteiger charge is -2.12. The highest BCUT2D eigenvalue weighted by Crippen LogP contribution is 2.17. The Kier molecular flexibility index (Phi) is 24.7. The summed E-state index contributed by atoms with van der Waals surface area (Å²) in [6.07, 6.45) is 25.5. The maximum absolute atomic E-state index is 12.2. The third kappa shape index (κ3) is 25.5. The fraction of sp³-hybridized carbons (Fsp3) is 0.867. The van der Waals surface area contributed by atoms with Crippen molar-refractivity contribution in [2.75, 3.05) is 0 Å². The third-order valence-corrected chi connectivity index (χ3v) is 6.60. The molecule has 0 amide bonds. The molecule has 0 bridgehead atoms. The molecule has 0 aromatic carbocycles. The summed E-state index contributed by atoms with van der Waals surface area (Å²) in [6.45, 7) is 4.46. The number of aliphatic hydroxyl groups is 1. The van der Waals surface area contributed by atoms with Crippen LogP contribution >= 0.6 is 0 Å². The van der Waals surface area contributed by atoms with Gasteiger partial charge < -0.3 is 14.9 Å². The summed E-state index contributed by atoms with van der Waals surface area (Å²) >= 11 is 0. The lowest BCUT2D eigenvalue weighted by molar-refractivity contribution is -0.142. The normalized spacial score (nSPS) is 12.6. The van der Waals surface area contributed by atoms with Crippen molar-refractivity contribution in [1.29, 1.82) is 0 Å². The molecule has 0 aromatic heterocycles. The topological polar surface area (TPSA) is 83.8 Å². The second kappa shape index (κ2) is 25.7. The first-order chi connectivity index (χ1) is 17.0. The van der Waals surface area contributed by atoms with Gasteiger partial charge in [0.15, 0.2) is 0 Å². The van der Waals surface area contributed by atoms with Crippen molar-refractivity contribution < 1.29 is 24.5 Å². The molecule has 5 nitrogen and oxygen atoms in total. The van der Waals surface area contributed by atoms with Gasteiger partial charge >= 0.3 is 11.9 Å². The molecular weight excluding hydrogens is 440 g/mol. The predicted octanol–water partition coefficient (Wildman–Crippen LogP) is 8.87. The molecule has 0 heterocycles. The number of allylic oxidation sites excluding steroid dienone is 1. The van der Waals surface area contributed by atoms with Crippen LogP contribution < -0.4 is 0 Å². The van der Waals surface area contributed by atoms with E-state index in [-0.39, 0.29) is 12.2 Å². The minimum absolute atomic E-state index is 0.0769. The zero-order valence-corrected chi connectivity index (χ0v) is 23.0. The summed E-state index contributed by atoms with van der Waals surface area (Å²) in [7, 11) is 0. The highest BCUT2D eigenvalue weighted by atomic mass is 16.5. The number of carbonyl (C=O) groups is 2. The number of hydrogen-bond acceptors (Lipinski definition) is 4. The lowest BCUT2D eigenvalue weighted by atomic mass is 10.0. The van der Waals surface area contributed by atoms with Crippen LogP contribution in [0.4, 0.5) is 0 Å². The minimum atomic E-state index is -1.11. The van der Waals surface area contributed by atoms with Crippen molar-refractivity contribution in [2.24, 2.45) is 0 Å². The summed E-state index contributed by atoms with van der Waals surface area (Å²) in [5, 5.41) is 19.2. The molecule has 0 radical (unpaired) electrons. The van der Waals surface area contributed by atoms with Crippen molar-refractivity contribution in [1.82, 2.24) is 0 Å². The average molecular weight is 497 g/mol. The van der Waals surface area contributed by atoms with Gasteiger partial charge in [0, 0.05) is 6.42 Å². The Morgan fingerprint density at radius 3 is 1.49 bits per heavy atom. The molecule has 206 valence electrons. The predicted molar refractivity (Wildman–Crippen MR) is 145 cm³/mol. The number of carboxylic acids is 1. The lowest BCUT2D eigenvalue weighted by Crippen LogP contribution is -2.16. The summed E-state index contributed by atoms with van der Waals surface area (Å²) in [5.74, 6) is -1.44. The zero-order chi connectivity index (χ0) is 26.0. The number of ether oxygens (including phenoxy) is 1. The van der Waals surface area contributed by atoms with Crippen molar-refractivity contribution in [2.45, 2.75) is 168 Å². The van der Waals surface area contributed by atoms with Crippen LogP contribution in [0.25, 0.3) is 0 Å². The van der Waals surface area contributed by atoms with Gasteiger partial charge in [0.25, 0.3) is 0 Å². The number of carboxylic acid groups (broad SMARTS) is 1. The molecule has 0 fully saturated rings. The number of aliphatic hydroxyl groups excluding tert-OH is 1. The van der Waals surface area contributed by atoms with E-state index in [0.29, 0.717) is 12.8 Å². The summed E-state index contributed by atoms with van der Waals surface area (Å²) in [6, 6.07) is 0. The SMILES string of the molecule is CCCCCCCCCCCCCC(O)CC(=O)OC(=CC(=O)O)CCCCCCCCCCC. The quantitative estimate of drug-likeness (QED) is 0.0540. The monoisotopic (exact) mass is 496 g/mol. The van der Waals surface area contributed by atoms with Crippen molar-refractivity contribution in [3.63, 3.8) is 0 Å². The zero-order valence-electron chi connectivity index (χ0n) is 23.0.